The Balaban J connectivity index is 1.69. The van der Waals surface area contributed by atoms with Gasteiger partial charge in [0.05, 0.1) is 28.2 Å². The third-order valence-corrected chi connectivity index (χ3v) is 6.68. The molecular formula is C20H25N5O3S. The number of carbonyl (C=O) groups is 1. The van der Waals surface area contributed by atoms with Crippen LogP contribution in [0.15, 0.2) is 41.4 Å². The Labute approximate surface area is 170 Å². The van der Waals surface area contributed by atoms with E-state index in [1.807, 2.05) is 30.7 Å². The molecule has 0 aliphatic heterocycles. The summed E-state index contributed by atoms with van der Waals surface area (Å²) in [6.45, 7) is 2.35. The molecule has 0 saturated heterocycles. The van der Waals surface area contributed by atoms with Crippen molar-refractivity contribution in [3.05, 3.63) is 53.6 Å². The van der Waals surface area contributed by atoms with Gasteiger partial charge in [-0.05, 0) is 36.8 Å². The number of carbonyl (C=O) groups excluding carboxylic acids is 1. The molecule has 0 fully saturated rings. The molecule has 2 aromatic heterocycles. The highest BCUT2D eigenvalue weighted by atomic mass is 32.2. The minimum Gasteiger partial charge on any atom is -0.350 e. The van der Waals surface area contributed by atoms with Crippen molar-refractivity contribution in [3.63, 3.8) is 0 Å². The molecule has 0 unspecified atom stereocenters. The molecular weight excluding hydrogens is 390 g/mol. The number of imidazole rings is 1. The monoisotopic (exact) mass is 415 g/mol. The van der Waals surface area contributed by atoms with Crippen LogP contribution in [0.25, 0.3) is 11.0 Å². The van der Waals surface area contributed by atoms with Crippen molar-refractivity contribution in [1.29, 1.82) is 0 Å². The van der Waals surface area contributed by atoms with Gasteiger partial charge in [0.1, 0.15) is 5.82 Å². The Morgan fingerprint density at radius 3 is 2.69 bits per heavy atom. The summed E-state index contributed by atoms with van der Waals surface area (Å²) in [7, 11) is 1.33. The number of pyridine rings is 1. The minimum atomic E-state index is -3.52. The average molecular weight is 416 g/mol. The fourth-order valence-electron chi connectivity index (χ4n) is 3.02. The molecule has 0 spiro atoms. The van der Waals surface area contributed by atoms with Crippen LogP contribution in [0, 0.1) is 6.92 Å². The molecule has 3 rings (SSSR count). The average Bonchev–Trinajstić information content (AvgIpc) is 3.00. The van der Waals surface area contributed by atoms with E-state index in [0.29, 0.717) is 18.5 Å². The van der Waals surface area contributed by atoms with Crippen molar-refractivity contribution in [2.75, 3.05) is 14.1 Å². The van der Waals surface area contributed by atoms with Crippen LogP contribution in [-0.4, -0.2) is 47.3 Å². The van der Waals surface area contributed by atoms with Crippen LogP contribution in [0.5, 0.6) is 0 Å². The van der Waals surface area contributed by atoms with Gasteiger partial charge >= 0.3 is 0 Å². The van der Waals surface area contributed by atoms with E-state index in [1.54, 1.807) is 24.4 Å². The maximum Gasteiger partial charge on any atom is 0.242 e. The molecule has 0 saturated carbocycles. The van der Waals surface area contributed by atoms with E-state index in [4.69, 9.17) is 0 Å². The van der Waals surface area contributed by atoms with Crippen molar-refractivity contribution in [2.24, 2.45) is 7.05 Å². The van der Waals surface area contributed by atoms with Gasteiger partial charge in [-0.15, -0.1) is 0 Å². The van der Waals surface area contributed by atoms with Crippen LogP contribution >= 0.6 is 0 Å². The number of nitrogens with one attached hydrogen (secondary N) is 1. The fourth-order valence-corrected chi connectivity index (χ4v) is 3.95. The van der Waals surface area contributed by atoms with Gasteiger partial charge in [0, 0.05) is 40.2 Å². The summed E-state index contributed by atoms with van der Waals surface area (Å²) in [4.78, 5) is 21.2. The van der Waals surface area contributed by atoms with Gasteiger partial charge in [-0.25, -0.2) is 17.7 Å². The number of rotatable bonds is 7. The number of benzene rings is 1. The Hall–Kier alpha value is -2.78. The third kappa shape index (κ3) is 4.46. The molecule has 8 nitrogen and oxygen atoms in total. The molecule has 0 atom stereocenters. The van der Waals surface area contributed by atoms with Gasteiger partial charge in [0.25, 0.3) is 0 Å². The highest BCUT2D eigenvalue weighted by Crippen LogP contribution is 2.21. The van der Waals surface area contributed by atoms with E-state index in [2.05, 4.69) is 15.3 Å². The van der Waals surface area contributed by atoms with E-state index in [0.717, 1.165) is 22.6 Å². The molecule has 1 aromatic carbocycles. The molecule has 3 aromatic rings. The van der Waals surface area contributed by atoms with Gasteiger partial charge in [0.15, 0.2) is 0 Å². The number of fused-ring (bicyclic) bond motifs is 1. The number of sulfonamides is 1. The van der Waals surface area contributed by atoms with Crippen molar-refractivity contribution in [3.8, 4) is 0 Å². The van der Waals surface area contributed by atoms with E-state index in [-0.39, 0.29) is 17.2 Å². The summed E-state index contributed by atoms with van der Waals surface area (Å²) in [6.07, 6.45) is 2.44. The summed E-state index contributed by atoms with van der Waals surface area (Å²) in [5, 5.41) is 2.88. The van der Waals surface area contributed by atoms with Crippen LogP contribution in [-0.2, 0) is 34.8 Å². The summed E-state index contributed by atoms with van der Waals surface area (Å²) in [6, 6.07) is 8.70. The van der Waals surface area contributed by atoms with E-state index in [1.165, 1.54) is 18.4 Å². The molecule has 2 heterocycles. The fraction of sp³-hybridized carbons (Fsp3) is 0.350. The number of aromatic nitrogens is 3. The summed E-state index contributed by atoms with van der Waals surface area (Å²) in [5.41, 5.74) is 3.29. The molecule has 154 valence electrons. The number of hydrogen-bond donors (Lipinski definition) is 1. The minimum absolute atomic E-state index is 0.0852. The molecule has 0 bridgehead atoms. The van der Waals surface area contributed by atoms with Crippen LogP contribution < -0.4 is 5.32 Å². The molecule has 9 heteroatoms. The second-order valence-corrected chi connectivity index (χ2v) is 9.22. The van der Waals surface area contributed by atoms with Crippen LogP contribution in [0.3, 0.4) is 0 Å². The first kappa shape index (κ1) is 20.9. The first-order valence-electron chi connectivity index (χ1n) is 9.25. The third-order valence-electron chi connectivity index (χ3n) is 4.87. The smallest absolute Gasteiger partial charge is 0.242 e. The van der Waals surface area contributed by atoms with Crippen molar-refractivity contribution >= 4 is 27.0 Å². The summed E-state index contributed by atoms with van der Waals surface area (Å²) < 4.78 is 27.7. The number of hydrogen-bond acceptors (Lipinski definition) is 5. The Kier molecular flexibility index (Phi) is 5.99. The van der Waals surface area contributed by atoms with Gasteiger partial charge in [-0.3, -0.25) is 9.78 Å². The lowest BCUT2D eigenvalue weighted by atomic mass is 10.2. The van der Waals surface area contributed by atoms with Gasteiger partial charge < -0.3 is 9.88 Å². The molecule has 29 heavy (non-hydrogen) atoms. The van der Waals surface area contributed by atoms with Crippen molar-refractivity contribution < 1.29 is 13.2 Å². The zero-order valence-electron chi connectivity index (χ0n) is 17.0. The zero-order chi connectivity index (χ0) is 21.2. The quantitative estimate of drug-likeness (QED) is 0.634. The predicted octanol–water partition coefficient (Wildman–Crippen LogP) is 1.78. The Morgan fingerprint density at radius 1 is 1.24 bits per heavy atom. The Bertz CT molecular complexity index is 1150. The normalized spacial score (nSPS) is 11.9. The van der Waals surface area contributed by atoms with Crippen LogP contribution in [0.2, 0.25) is 0 Å². The molecule has 1 N–H and O–H groups in total. The Morgan fingerprint density at radius 2 is 2.00 bits per heavy atom. The van der Waals surface area contributed by atoms with Crippen LogP contribution in [0.1, 0.15) is 23.5 Å². The van der Waals surface area contributed by atoms with Gasteiger partial charge in [-0.2, -0.15) is 0 Å². The number of amides is 1. The van der Waals surface area contributed by atoms with E-state index in [9.17, 15) is 13.2 Å². The van der Waals surface area contributed by atoms with Crippen molar-refractivity contribution in [2.45, 2.75) is 31.2 Å². The topological polar surface area (TPSA) is 97.2 Å². The van der Waals surface area contributed by atoms with Gasteiger partial charge in [0.2, 0.25) is 15.9 Å². The maximum atomic E-state index is 12.3. The van der Waals surface area contributed by atoms with E-state index >= 15 is 0 Å². The molecule has 1 amide bonds. The molecule has 0 radical (unpaired) electrons. The second-order valence-electron chi connectivity index (χ2n) is 7.07. The standard InChI is InChI=1S/C20H25N5O3S/c1-14-6-5-11-21-17(14)13-22-20(26)10-9-19-23-16-12-15(29(27,28)24(2)3)7-8-18(16)25(19)4/h5-8,11-12H,9-10,13H2,1-4H3,(H,22,26). The lowest BCUT2D eigenvalue weighted by Crippen LogP contribution is -2.24. The first-order chi connectivity index (χ1) is 13.7. The lowest BCUT2D eigenvalue weighted by molar-refractivity contribution is -0.121. The highest BCUT2D eigenvalue weighted by molar-refractivity contribution is 7.89. The first-order valence-corrected chi connectivity index (χ1v) is 10.7. The van der Waals surface area contributed by atoms with Crippen LogP contribution in [0.4, 0.5) is 0 Å². The summed E-state index contributed by atoms with van der Waals surface area (Å²) in [5.74, 6) is 0.640. The lowest BCUT2D eigenvalue weighted by Gasteiger charge is -2.10. The molecule has 0 aliphatic carbocycles. The second kappa shape index (κ2) is 8.30. The van der Waals surface area contributed by atoms with E-state index < -0.39 is 10.0 Å². The van der Waals surface area contributed by atoms with Gasteiger partial charge in [-0.1, -0.05) is 6.07 Å². The SMILES string of the molecule is Cc1cccnc1CNC(=O)CCc1nc2cc(S(=O)(=O)N(C)C)ccc2n1C. The largest absolute Gasteiger partial charge is 0.350 e. The number of aryl methyl sites for hydroxylation is 3. The predicted molar refractivity (Wildman–Crippen MR) is 111 cm³/mol. The zero-order valence-corrected chi connectivity index (χ0v) is 17.8. The summed E-state index contributed by atoms with van der Waals surface area (Å²) >= 11 is 0. The van der Waals surface area contributed by atoms with Crippen molar-refractivity contribution in [1.82, 2.24) is 24.2 Å². The maximum absolute atomic E-state index is 12.3. The highest BCUT2D eigenvalue weighted by Gasteiger charge is 2.19. The number of nitrogens with zero attached hydrogens (tertiary/aromatic N) is 4. The molecule has 0 aliphatic rings.